The van der Waals surface area contributed by atoms with Gasteiger partial charge in [-0.15, -0.1) is 10.2 Å². The number of benzene rings is 3. The lowest BCUT2D eigenvalue weighted by molar-refractivity contribution is -0.121. The molecule has 1 aliphatic rings. The fourth-order valence-corrected chi connectivity index (χ4v) is 6.49. The van der Waals surface area contributed by atoms with Crippen molar-refractivity contribution in [2.45, 2.75) is 52.2 Å². The van der Waals surface area contributed by atoms with Gasteiger partial charge in [0.05, 0.1) is 24.4 Å². The van der Waals surface area contributed by atoms with Crippen LogP contribution in [0.2, 0.25) is 18.1 Å². The number of halogens is 1. The van der Waals surface area contributed by atoms with Gasteiger partial charge in [0.2, 0.25) is 14.2 Å². The Morgan fingerprint density at radius 2 is 1.80 bits per heavy atom. The molecule has 4 aromatic rings. The number of hydrogen-bond acceptors (Lipinski definition) is 7. The lowest BCUT2D eigenvalue weighted by atomic mass is 10.00. The second-order valence-corrected chi connectivity index (χ2v) is 15.9. The van der Waals surface area contributed by atoms with E-state index in [0.717, 1.165) is 34.8 Å². The number of nitrogens with zero attached hydrogens (tertiary/aromatic N) is 4. The minimum Gasteiger partial charge on any atom is -0.494 e. The molecular weight excluding hydrogens is 620 g/mol. The Bertz CT molecular complexity index is 1750. The average Bonchev–Trinajstić information content (AvgIpc) is 3.35. The van der Waals surface area contributed by atoms with Crippen molar-refractivity contribution in [3.63, 3.8) is 0 Å². The van der Waals surface area contributed by atoms with Crippen molar-refractivity contribution in [3.05, 3.63) is 100 Å². The van der Waals surface area contributed by atoms with Crippen molar-refractivity contribution in [1.82, 2.24) is 25.4 Å². The van der Waals surface area contributed by atoms with Crippen molar-refractivity contribution in [1.29, 1.82) is 0 Å². The lowest BCUT2D eigenvalue weighted by Gasteiger charge is -2.15. The number of hydrogen-bond donors (Lipinski definition) is 3. The van der Waals surface area contributed by atoms with E-state index in [4.69, 9.17) is 21.3 Å². The minimum atomic E-state index is -2.49. The Morgan fingerprint density at radius 3 is 2.54 bits per heavy atom. The Balaban J connectivity index is 1.31. The molecule has 10 nitrogen and oxygen atoms in total. The summed E-state index contributed by atoms with van der Waals surface area (Å²) >= 11 is 6.22. The van der Waals surface area contributed by atoms with Gasteiger partial charge in [0.1, 0.15) is 17.6 Å². The number of ether oxygens (including phenoxy) is 1. The van der Waals surface area contributed by atoms with Crippen molar-refractivity contribution in [3.8, 4) is 11.4 Å². The van der Waals surface area contributed by atoms with Crippen LogP contribution in [0.15, 0.2) is 71.7 Å². The monoisotopic (exact) mass is 658 g/mol. The van der Waals surface area contributed by atoms with E-state index in [1.807, 2.05) is 80.0 Å². The van der Waals surface area contributed by atoms with Gasteiger partial charge in [-0.3, -0.25) is 19.1 Å². The highest BCUT2D eigenvalue weighted by molar-refractivity contribution is 6.83. The van der Waals surface area contributed by atoms with Crippen LogP contribution >= 0.6 is 11.6 Å². The molecule has 12 heteroatoms. The standard InChI is InChI=1S/C34H39ClN6O4Si/c1-5-36-31(42)21-29-33-40-39-22(2)41(33)30-16-15-26(20-28(30)32(38-29)23-11-13-25(35)14-12-23)45-18-7-6-17-37-34(43)24-9-8-10-27(19-24)46(3,4)44/h8-16,19-20,29,44H,5-7,17-18,21H2,1-4H3,(H,36,42)(H,37,43)/t29-/m0/s1. The van der Waals surface area contributed by atoms with E-state index in [9.17, 15) is 14.4 Å². The molecule has 0 saturated carbocycles. The maximum absolute atomic E-state index is 12.7. The molecule has 0 unspecified atom stereocenters. The summed E-state index contributed by atoms with van der Waals surface area (Å²) in [6.45, 7) is 8.91. The quantitative estimate of drug-likeness (QED) is 0.150. The first kappa shape index (κ1) is 33.1. The van der Waals surface area contributed by atoms with Crippen LogP contribution in [0.1, 0.15) is 65.4 Å². The first-order valence-electron chi connectivity index (χ1n) is 15.5. The molecule has 0 bridgehead atoms. The Kier molecular flexibility index (Phi) is 10.3. The average molecular weight is 659 g/mol. The summed E-state index contributed by atoms with van der Waals surface area (Å²) in [6.07, 6.45) is 1.60. The number of carbonyl (C=O) groups excluding carboxylic acids is 2. The van der Waals surface area contributed by atoms with Crippen molar-refractivity contribution in [2.24, 2.45) is 4.99 Å². The summed E-state index contributed by atoms with van der Waals surface area (Å²) < 4.78 is 8.12. The third kappa shape index (κ3) is 7.72. The maximum Gasteiger partial charge on any atom is 0.251 e. The smallest absolute Gasteiger partial charge is 0.251 e. The molecule has 0 fully saturated rings. The first-order valence-corrected chi connectivity index (χ1v) is 18.8. The number of amides is 2. The number of aromatic nitrogens is 3. The zero-order chi connectivity index (χ0) is 32.8. The highest BCUT2D eigenvalue weighted by atomic mass is 35.5. The zero-order valence-corrected chi connectivity index (χ0v) is 28.3. The van der Waals surface area contributed by atoms with Gasteiger partial charge >= 0.3 is 0 Å². The second kappa shape index (κ2) is 14.4. The van der Waals surface area contributed by atoms with Gasteiger partial charge in [-0.2, -0.15) is 0 Å². The van der Waals surface area contributed by atoms with Crippen molar-refractivity contribution < 1.29 is 19.1 Å². The van der Waals surface area contributed by atoms with Crippen LogP contribution in [-0.4, -0.2) is 65.1 Å². The molecule has 1 aromatic heterocycles. The van der Waals surface area contributed by atoms with E-state index in [0.29, 0.717) is 53.4 Å². The van der Waals surface area contributed by atoms with Crippen LogP contribution in [0.5, 0.6) is 5.75 Å². The van der Waals surface area contributed by atoms with Crippen LogP contribution < -0.4 is 20.6 Å². The molecule has 2 amide bonds. The summed E-state index contributed by atoms with van der Waals surface area (Å²) in [5.41, 5.74) is 3.77. The fourth-order valence-electron chi connectivity index (χ4n) is 5.35. The topological polar surface area (TPSA) is 131 Å². The van der Waals surface area contributed by atoms with Crippen LogP contribution in [0.4, 0.5) is 0 Å². The number of nitrogens with one attached hydrogen (secondary N) is 2. The van der Waals surface area contributed by atoms with Gasteiger partial charge in [0.25, 0.3) is 5.91 Å². The highest BCUT2D eigenvalue weighted by Crippen LogP contribution is 2.34. The minimum absolute atomic E-state index is 0.116. The first-order chi connectivity index (χ1) is 22.0. The van der Waals surface area contributed by atoms with Gasteiger partial charge in [0.15, 0.2) is 5.82 Å². The number of aryl methyl sites for hydroxylation is 1. The maximum atomic E-state index is 12.7. The zero-order valence-electron chi connectivity index (χ0n) is 26.5. The molecule has 240 valence electrons. The molecule has 2 heterocycles. The SMILES string of the molecule is CCNC(=O)C[C@@H]1N=C(c2ccc(Cl)cc2)c2cc(OCCCCNC(=O)c3cccc([Si](C)(C)O)c3)ccc2-n2c(C)nnc21. The van der Waals surface area contributed by atoms with Gasteiger partial charge in [-0.05, 0) is 87.4 Å². The molecule has 1 atom stereocenters. The van der Waals surface area contributed by atoms with Crippen LogP contribution in [-0.2, 0) is 4.79 Å². The Labute approximate surface area is 275 Å². The molecule has 3 N–H and O–H groups in total. The molecule has 5 rings (SSSR count). The van der Waals surface area contributed by atoms with E-state index >= 15 is 0 Å². The number of aliphatic imine (C=N–C) groups is 1. The van der Waals surface area contributed by atoms with Crippen molar-refractivity contribution >= 4 is 42.6 Å². The molecule has 0 aliphatic carbocycles. The summed E-state index contributed by atoms with van der Waals surface area (Å²) in [5.74, 6) is 1.68. The third-order valence-corrected chi connectivity index (χ3v) is 9.70. The molecule has 1 aliphatic heterocycles. The number of unbranched alkanes of at least 4 members (excludes halogenated alkanes) is 1. The van der Waals surface area contributed by atoms with Gasteiger partial charge in [0, 0.05) is 34.8 Å². The number of rotatable bonds is 12. The normalized spacial score (nSPS) is 14.0. The lowest BCUT2D eigenvalue weighted by Crippen LogP contribution is -2.42. The number of carbonyl (C=O) groups is 2. The van der Waals surface area contributed by atoms with E-state index in [2.05, 4.69) is 20.8 Å². The molecule has 0 spiro atoms. The van der Waals surface area contributed by atoms with Crippen LogP contribution in [0.25, 0.3) is 5.69 Å². The summed E-state index contributed by atoms with van der Waals surface area (Å²) in [5, 5.41) is 16.0. The molecule has 3 aromatic carbocycles. The van der Waals surface area contributed by atoms with Gasteiger partial charge < -0.3 is 20.2 Å². The summed E-state index contributed by atoms with van der Waals surface area (Å²) in [7, 11) is -2.49. The Hall–Kier alpha value is -4.32. The van der Waals surface area contributed by atoms with Crippen LogP contribution in [0, 0.1) is 6.92 Å². The fraction of sp³-hybridized carbons (Fsp3) is 0.324. The largest absolute Gasteiger partial charge is 0.494 e. The molecule has 0 radical (unpaired) electrons. The number of fused-ring (bicyclic) bond motifs is 3. The molecular formula is C34H39ClN6O4Si. The highest BCUT2D eigenvalue weighted by Gasteiger charge is 2.30. The van der Waals surface area contributed by atoms with E-state index < -0.39 is 14.4 Å². The van der Waals surface area contributed by atoms with E-state index in [1.165, 1.54) is 0 Å². The van der Waals surface area contributed by atoms with E-state index in [-0.39, 0.29) is 18.2 Å². The predicted octanol–water partition coefficient (Wildman–Crippen LogP) is 4.64. The summed E-state index contributed by atoms with van der Waals surface area (Å²) in [6, 6.07) is 20.0. The predicted molar refractivity (Wildman–Crippen MR) is 182 cm³/mol. The van der Waals surface area contributed by atoms with Gasteiger partial charge in [-0.25, -0.2) is 0 Å². The Morgan fingerprint density at radius 1 is 1.02 bits per heavy atom. The summed E-state index contributed by atoms with van der Waals surface area (Å²) in [4.78, 5) is 40.8. The third-order valence-electron chi connectivity index (χ3n) is 7.72. The molecule has 46 heavy (non-hydrogen) atoms. The van der Waals surface area contributed by atoms with E-state index in [1.54, 1.807) is 18.2 Å². The molecule has 0 saturated heterocycles. The van der Waals surface area contributed by atoms with Crippen molar-refractivity contribution in [2.75, 3.05) is 19.7 Å². The second-order valence-electron chi connectivity index (χ2n) is 11.7. The van der Waals surface area contributed by atoms with Crippen LogP contribution in [0.3, 0.4) is 0 Å². The van der Waals surface area contributed by atoms with Gasteiger partial charge in [-0.1, -0.05) is 35.9 Å².